The van der Waals surface area contributed by atoms with Crippen molar-refractivity contribution < 1.29 is 23.0 Å². The first-order valence-corrected chi connectivity index (χ1v) is 8.13. The third kappa shape index (κ3) is 2.72. The Morgan fingerprint density at radius 1 is 1.00 bits per heavy atom. The summed E-state index contributed by atoms with van der Waals surface area (Å²) in [5, 5.41) is 5.10. The minimum atomic E-state index is -0.680. The molecule has 0 amide bonds. The number of methoxy groups -OCH3 is 2. The predicted molar refractivity (Wildman–Crippen MR) is 93.6 cm³/mol. The molecule has 1 aliphatic heterocycles. The highest BCUT2D eigenvalue weighted by molar-refractivity contribution is 5.91. The van der Waals surface area contributed by atoms with E-state index in [2.05, 4.69) is 5.32 Å². The van der Waals surface area contributed by atoms with Crippen molar-refractivity contribution in [2.24, 2.45) is 0 Å². The number of benzene rings is 3. The molecule has 3 aromatic rings. The zero-order valence-corrected chi connectivity index (χ0v) is 14.3. The highest BCUT2D eigenvalue weighted by Gasteiger charge is 2.25. The first-order valence-electron chi connectivity index (χ1n) is 8.13. The van der Waals surface area contributed by atoms with Crippen molar-refractivity contribution in [2.45, 2.75) is 12.8 Å². The van der Waals surface area contributed by atoms with Gasteiger partial charge in [-0.1, -0.05) is 6.07 Å². The van der Waals surface area contributed by atoms with Crippen molar-refractivity contribution in [3.63, 3.8) is 0 Å². The summed E-state index contributed by atoms with van der Waals surface area (Å²) >= 11 is 0. The summed E-state index contributed by atoms with van der Waals surface area (Å²) in [6.45, 7) is 0.476. The molecule has 0 saturated carbocycles. The highest BCUT2D eigenvalue weighted by Crippen LogP contribution is 2.39. The third-order valence-corrected chi connectivity index (χ3v) is 4.55. The van der Waals surface area contributed by atoms with E-state index in [1.165, 1.54) is 12.1 Å². The molecular formula is C20H17F2NO3. The Morgan fingerprint density at radius 2 is 1.77 bits per heavy atom. The maximum Gasteiger partial charge on any atom is 0.179 e. The molecule has 4 nitrogen and oxygen atoms in total. The van der Waals surface area contributed by atoms with E-state index in [9.17, 15) is 8.78 Å². The molecule has 0 saturated heterocycles. The van der Waals surface area contributed by atoms with Gasteiger partial charge in [-0.25, -0.2) is 8.78 Å². The Balaban J connectivity index is 1.75. The van der Waals surface area contributed by atoms with Crippen molar-refractivity contribution in [3.05, 3.63) is 65.2 Å². The maximum atomic E-state index is 14.1. The lowest BCUT2D eigenvalue weighted by Crippen LogP contribution is -2.31. The Morgan fingerprint density at radius 3 is 2.50 bits per heavy atom. The molecular weight excluding hydrogens is 340 g/mol. The third-order valence-electron chi connectivity index (χ3n) is 4.55. The van der Waals surface area contributed by atoms with Crippen molar-refractivity contribution in [3.8, 4) is 17.2 Å². The van der Waals surface area contributed by atoms with Crippen LogP contribution in [0.25, 0.3) is 10.8 Å². The monoisotopic (exact) mass is 357 g/mol. The number of nitrogens with one attached hydrogen (secondary N) is 1. The van der Waals surface area contributed by atoms with Gasteiger partial charge in [0.1, 0.15) is 17.4 Å². The fourth-order valence-corrected chi connectivity index (χ4v) is 3.24. The molecule has 134 valence electrons. The quantitative estimate of drug-likeness (QED) is 0.758. The zero-order chi connectivity index (χ0) is 18.3. The molecule has 0 bridgehead atoms. The Kier molecular flexibility index (Phi) is 4.12. The topological polar surface area (TPSA) is 39.7 Å². The molecule has 0 fully saturated rings. The normalized spacial score (nSPS) is 16.1. The van der Waals surface area contributed by atoms with Crippen molar-refractivity contribution in [1.82, 2.24) is 5.32 Å². The molecule has 3 aromatic carbocycles. The molecule has 1 heterocycles. The Bertz CT molecular complexity index is 990. The summed E-state index contributed by atoms with van der Waals surface area (Å²) in [4.78, 5) is 0. The summed E-state index contributed by atoms with van der Waals surface area (Å²) in [5.41, 5.74) is 1.21. The van der Waals surface area contributed by atoms with Crippen LogP contribution in [0.15, 0.2) is 42.5 Å². The van der Waals surface area contributed by atoms with Gasteiger partial charge in [0.2, 0.25) is 0 Å². The number of hydrogen-bond acceptors (Lipinski definition) is 4. The first-order chi connectivity index (χ1) is 12.6. The molecule has 0 aliphatic carbocycles. The van der Waals surface area contributed by atoms with E-state index < -0.39 is 17.9 Å². The van der Waals surface area contributed by atoms with E-state index >= 15 is 0 Å². The van der Waals surface area contributed by atoms with Crippen LogP contribution in [0.2, 0.25) is 0 Å². The van der Waals surface area contributed by atoms with Gasteiger partial charge in [0.05, 0.1) is 14.2 Å². The molecule has 0 aromatic heterocycles. The van der Waals surface area contributed by atoms with E-state index in [-0.39, 0.29) is 5.56 Å². The molecule has 26 heavy (non-hydrogen) atoms. The SMILES string of the molecule is COc1cc2ccc3c(c2cc1OC)CNC(c1ccc(F)cc1F)O3. The Hall–Kier alpha value is -2.86. The molecule has 1 atom stereocenters. The van der Waals surface area contributed by atoms with E-state index in [1.807, 2.05) is 24.3 Å². The van der Waals surface area contributed by atoms with Crippen LogP contribution < -0.4 is 19.5 Å². The van der Waals surface area contributed by atoms with Crippen molar-refractivity contribution >= 4 is 10.8 Å². The summed E-state index contributed by atoms with van der Waals surface area (Å²) in [6.07, 6.45) is -0.680. The van der Waals surface area contributed by atoms with Crippen LogP contribution in [0.4, 0.5) is 8.78 Å². The molecule has 1 aliphatic rings. The number of hydrogen-bond donors (Lipinski definition) is 1. The zero-order valence-electron chi connectivity index (χ0n) is 14.3. The predicted octanol–water partition coefficient (Wildman–Crippen LogP) is 4.32. The van der Waals surface area contributed by atoms with Gasteiger partial charge in [-0.3, -0.25) is 5.32 Å². The van der Waals surface area contributed by atoms with Gasteiger partial charge in [-0.2, -0.15) is 0 Å². The van der Waals surface area contributed by atoms with Gasteiger partial charge < -0.3 is 14.2 Å². The summed E-state index contributed by atoms with van der Waals surface area (Å²) < 4.78 is 43.8. The lowest BCUT2D eigenvalue weighted by Gasteiger charge is -2.29. The first kappa shape index (κ1) is 16.6. The molecule has 4 rings (SSSR count). The minimum absolute atomic E-state index is 0.268. The second-order valence-corrected chi connectivity index (χ2v) is 6.02. The summed E-state index contributed by atoms with van der Waals surface area (Å²) in [6, 6.07) is 11.0. The van der Waals surface area contributed by atoms with E-state index in [1.54, 1.807) is 14.2 Å². The van der Waals surface area contributed by atoms with Crippen LogP contribution in [0.1, 0.15) is 17.4 Å². The second kappa shape index (κ2) is 6.46. The van der Waals surface area contributed by atoms with Gasteiger partial charge in [0.15, 0.2) is 17.7 Å². The van der Waals surface area contributed by atoms with Crippen LogP contribution in [0, 0.1) is 11.6 Å². The molecule has 0 radical (unpaired) electrons. The summed E-state index contributed by atoms with van der Waals surface area (Å²) in [7, 11) is 3.18. The van der Waals surface area contributed by atoms with Crippen LogP contribution in [-0.2, 0) is 6.54 Å². The fraction of sp³-hybridized carbons (Fsp3) is 0.200. The maximum absolute atomic E-state index is 14.1. The van der Waals surface area contributed by atoms with Crippen molar-refractivity contribution in [2.75, 3.05) is 14.2 Å². The fourth-order valence-electron chi connectivity index (χ4n) is 3.24. The van der Waals surface area contributed by atoms with Gasteiger partial charge in [0, 0.05) is 23.7 Å². The van der Waals surface area contributed by atoms with Crippen LogP contribution in [0.5, 0.6) is 17.2 Å². The van der Waals surface area contributed by atoms with Crippen LogP contribution >= 0.6 is 0 Å². The number of fused-ring (bicyclic) bond motifs is 3. The van der Waals surface area contributed by atoms with Gasteiger partial charge in [-0.15, -0.1) is 0 Å². The van der Waals surface area contributed by atoms with Crippen molar-refractivity contribution in [1.29, 1.82) is 0 Å². The van der Waals surface area contributed by atoms with Gasteiger partial charge >= 0.3 is 0 Å². The van der Waals surface area contributed by atoms with E-state index in [4.69, 9.17) is 14.2 Å². The average molecular weight is 357 g/mol. The smallest absolute Gasteiger partial charge is 0.179 e. The standard InChI is InChI=1S/C20H17F2NO3/c1-24-18-7-11-3-6-17-15(14(11)9-19(18)25-2)10-23-20(26-17)13-5-4-12(21)8-16(13)22/h3-9,20,23H,10H2,1-2H3. The molecule has 1 N–H and O–H groups in total. The lowest BCUT2D eigenvalue weighted by atomic mass is 10.0. The number of ether oxygens (including phenoxy) is 3. The van der Waals surface area contributed by atoms with E-state index in [0.29, 0.717) is 23.8 Å². The van der Waals surface area contributed by atoms with Crippen LogP contribution in [0.3, 0.4) is 0 Å². The number of rotatable bonds is 3. The highest BCUT2D eigenvalue weighted by atomic mass is 19.1. The van der Waals surface area contributed by atoms with Gasteiger partial charge in [-0.05, 0) is 41.1 Å². The molecule has 1 unspecified atom stereocenters. The molecule has 0 spiro atoms. The van der Waals surface area contributed by atoms with Crippen LogP contribution in [-0.4, -0.2) is 14.2 Å². The minimum Gasteiger partial charge on any atom is -0.493 e. The molecule has 6 heteroatoms. The van der Waals surface area contributed by atoms with Gasteiger partial charge in [0.25, 0.3) is 0 Å². The number of halogens is 2. The summed E-state index contributed by atoms with van der Waals surface area (Å²) in [5.74, 6) is 0.667. The second-order valence-electron chi connectivity index (χ2n) is 6.02. The lowest BCUT2D eigenvalue weighted by molar-refractivity contribution is 0.140. The Labute approximate surface area is 149 Å². The largest absolute Gasteiger partial charge is 0.493 e. The van der Waals surface area contributed by atoms with E-state index in [0.717, 1.165) is 22.4 Å². The average Bonchev–Trinajstić information content (AvgIpc) is 2.66.